The quantitative estimate of drug-likeness (QED) is 0.640. The molecule has 0 aliphatic heterocycles. The van der Waals surface area contributed by atoms with E-state index in [4.69, 9.17) is 5.73 Å². The molecule has 0 saturated heterocycles. The van der Waals surface area contributed by atoms with Crippen molar-refractivity contribution in [2.45, 2.75) is 53.9 Å². The van der Waals surface area contributed by atoms with Gasteiger partial charge in [0.05, 0.1) is 0 Å². The fourth-order valence-corrected chi connectivity index (χ4v) is 1.68. The molecule has 0 aliphatic carbocycles. The summed E-state index contributed by atoms with van der Waals surface area (Å²) in [6, 6.07) is 0. The Morgan fingerprint density at radius 2 is 1.75 bits per heavy atom. The van der Waals surface area contributed by atoms with Crippen LogP contribution in [-0.4, -0.2) is 6.54 Å². The Balaban J connectivity index is 3.98. The number of rotatable bonds is 7. The molecule has 0 aliphatic rings. The molecule has 1 nitrogen and oxygen atoms in total. The fourth-order valence-electron chi connectivity index (χ4n) is 1.68. The highest BCUT2D eigenvalue weighted by molar-refractivity contribution is 5.02. The van der Waals surface area contributed by atoms with Crippen molar-refractivity contribution in [3.8, 4) is 0 Å². The molecule has 1 unspecified atom stereocenters. The average molecular weight is 223 g/mol. The van der Waals surface area contributed by atoms with Crippen molar-refractivity contribution < 1.29 is 0 Å². The molecule has 1 heteroatoms. The van der Waals surface area contributed by atoms with E-state index in [9.17, 15) is 0 Å². The van der Waals surface area contributed by atoms with Crippen molar-refractivity contribution in [1.29, 1.82) is 0 Å². The third kappa shape index (κ3) is 7.70. The lowest BCUT2D eigenvalue weighted by Gasteiger charge is -2.16. The van der Waals surface area contributed by atoms with Crippen LogP contribution in [0.2, 0.25) is 0 Å². The first kappa shape index (κ1) is 15.4. The summed E-state index contributed by atoms with van der Waals surface area (Å²) in [5, 5.41) is 0. The minimum Gasteiger partial charge on any atom is -0.330 e. The van der Waals surface area contributed by atoms with Crippen LogP contribution in [0, 0.1) is 11.8 Å². The van der Waals surface area contributed by atoms with Gasteiger partial charge in [-0.3, -0.25) is 0 Å². The van der Waals surface area contributed by atoms with E-state index < -0.39 is 0 Å². The highest BCUT2D eigenvalue weighted by Gasteiger charge is 2.09. The van der Waals surface area contributed by atoms with Crippen molar-refractivity contribution in [1.82, 2.24) is 0 Å². The zero-order chi connectivity index (χ0) is 12.6. The lowest BCUT2D eigenvalue weighted by atomic mass is 9.91. The first-order valence-electron chi connectivity index (χ1n) is 6.46. The SMILES string of the molecule is CC(C)=CCC/C(C)=C/CC(CN)C(C)C. The van der Waals surface area contributed by atoms with Gasteiger partial charge in [-0.1, -0.05) is 37.1 Å². The molecule has 0 bridgehead atoms. The standard InChI is InChI=1S/C15H29N/c1-12(2)7-6-8-14(5)9-10-15(11-16)13(3)4/h7,9,13,15H,6,8,10-11,16H2,1-5H3/b14-9+. The van der Waals surface area contributed by atoms with Gasteiger partial charge in [-0.2, -0.15) is 0 Å². The minimum absolute atomic E-state index is 0.637. The number of nitrogens with two attached hydrogens (primary N) is 1. The molecule has 0 radical (unpaired) electrons. The van der Waals surface area contributed by atoms with Gasteiger partial charge in [-0.25, -0.2) is 0 Å². The molecule has 0 rings (SSSR count). The Kier molecular flexibility index (Phi) is 8.28. The molecule has 0 aromatic heterocycles. The van der Waals surface area contributed by atoms with Gasteiger partial charge in [0.25, 0.3) is 0 Å². The summed E-state index contributed by atoms with van der Waals surface area (Å²) in [6.07, 6.45) is 8.16. The molecule has 94 valence electrons. The highest BCUT2D eigenvalue weighted by Crippen LogP contribution is 2.16. The van der Waals surface area contributed by atoms with Crippen LogP contribution in [0.15, 0.2) is 23.3 Å². The third-order valence-corrected chi connectivity index (χ3v) is 3.11. The van der Waals surface area contributed by atoms with Crippen LogP contribution in [0.3, 0.4) is 0 Å². The smallest absolute Gasteiger partial charge is 0.00435 e. The van der Waals surface area contributed by atoms with E-state index in [1.807, 2.05) is 0 Å². The Labute approximate surface area is 102 Å². The topological polar surface area (TPSA) is 26.0 Å². The Bertz CT molecular complexity index is 232. The van der Waals surface area contributed by atoms with Crippen molar-refractivity contribution in [3.63, 3.8) is 0 Å². The first-order valence-corrected chi connectivity index (χ1v) is 6.46. The molecule has 0 fully saturated rings. The molecule has 0 amide bonds. The lowest BCUT2D eigenvalue weighted by Crippen LogP contribution is -2.19. The maximum Gasteiger partial charge on any atom is -0.00435 e. The van der Waals surface area contributed by atoms with Crippen LogP contribution in [0.1, 0.15) is 53.9 Å². The normalized spacial score (nSPS) is 14.1. The maximum atomic E-state index is 5.76. The number of allylic oxidation sites excluding steroid dienone is 4. The van der Waals surface area contributed by atoms with Gasteiger partial charge in [0.1, 0.15) is 0 Å². The van der Waals surface area contributed by atoms with Crippen molar-refractivity contribution in [3.05, 3.63) is 23.3 Å². The maximum absolute atomic E-state index is 5.76. The van der Waals surface area contributed by atoms with Gasteiger partial charge in [0.15, 0.2) is 0 Å². The lowest BCUT2D eigenvalue weighted by molar-refractivity contribution is 0.397. The molecule has 0 spiro atoms. The summed E-state index contributed by atoms with van der Waals surface area (Å²) in [5.41, 5.74) is 8.67. The first-order chi connectivity index (χ1) is 7.47. The van der Waals surface area contributed by atoms with Crippen LogP contribution >= 0.6 is 0 Å². The molecule has 0 aromatic rings. The van der Waals surface area contributed by atoms with Gasteiger partial charge in [0.2, 0.25) is 0 Å². The third-order valence-electron chi connectivity index (χ3n) is 3.11. The van der Waals surface area contributed by atoms with Crippen molar-refractivity contribution in [2.24, 2.45) is 17.6 Å². The summed E-state index contributed by atoms with van der Waals surface area (Å²) in [6.45, 7) is 11.8. The predicted octanol–water partition coefficient (Wildman–Crippen LogP) is 4.30. The molecule has 0 saturated carbocycles. The molecule has 0 aromatic carbocycles. The second-order valence-corrected chi connectivity index (χ2v) is 5.35. The van der Waals surface area contributed by atoms with Crippen LogP contribution in [0.25, 0.3) is 0 Å². The molecule has 16 heavy (non-hydrogen) atoms. The van der Waals surface area contributed by atoms with Gasteiger partial charge in [-0.15, -0.1) is 0 Å². The van der Waals surface area contributed by atoms with Crippen LogP contribution < -0.4 is 5.73 Å². The summed E-state index contributed by atoms with van der Waals surface area (Å²) in [5.74, 6) is 1.32. The van der Waals surface area contributed by atoms with Crippen molar-refractivity contribution in [2.75, 3.05) is 6.54 Å². The monoisotopic (exact) mass is 223 g/mol. The summed E-state index contributed by atoms with van der Waals surface area (Å²) < 4.78 is 0. The Morgan fingerprint density at radius 3 is 2.19 bits per heavy atom. The minimum atomic E-state index is 0.637. The van der Waals surface area contributed by atoms with Crippen LogP contribution in [0.4, 0.5) is 0 Å². The highest BCUT2D eigenvalue weighted by atomic mass is 14.5. The second kappa shape index (κ2) is 8.58. The Morgan fingerprint density at radius 1 is 1.12 bits per heavy atom. The van der Waals surface area contributed by atoms with Gasteiger partial charge in [0, 0.05) is 0 Å². The van der Waals surface area contributed by atoms with E-state index >= 15 is 0 Å². The number of hydrogen-bond donors (Lipinski definition) is 1. The van der Waals surface area contributed by atoms with Gasteiger partial charge in [-0.05, 0) is 58.4 Å². The average Bonchev–Trinajstić information content (AvgIpc) is 2.17. The van der Waals surface area contributed by atoms with E-state index in [1.54, 1.807) is 0 Å². The van der Waals surface area contributed by atoms with E-state index in [0.717, 1.165) is 13.0 Å². The molecule has 0 heterocycles. The summed E-state index contributed by atoms with van der Waals surface area (Å²) >= 11 is 0. The van der Waals surface area contributed by atoms with Crippen LogP contribution in [-0.2, 0) is 0 Å². The molecule has 1 atom stereocenters. The van der Waals surface area contributed by atoms with Gasteiger partial charge >= 0.3 is 0 Å². The van der Waals surface area contributed by atoms with E-state index in [0.29, 0.717) is 11.8 Å². The summed E-state index contributed by atoms with van der Waals surface area (Å²) in [4.78, 5) is 0. The van der Waals surface area contributed by atoms with E-state index in [-0.39, 0.29) is 0 Å². The zero-order valence-electron chi connectivity index (χ0n) is 11.7. The van der Waals surface area contributed by atoms with Gasteiger partial charge < -0.3 is 5.73 Å². The molecule has 2 N–H and O–H groups in total. The molecular formula is C15H29N. The Hall–Kier alpha value is -0.560. The number of hydrogen-bond acceptors (Lipinski definition) is 1. The molecular weight excluding hydrogens is 194 g/mol. The van der Waals surface area contributed by atoms with E-state index in [1.165, 1.54) is 24.0 Å². The summed E-state index contributed by atoms with van der Waals surface area (Å²) in [7, 11) is 0. The zero-order valence-corrected chi connectivity index (χ0v) is 11.7. The largest absolute Gasteiger partial charge is 0.330 e. The van der Waals surface area contributed by atoms with Crippen molar-refractivity contribution >= 4 is 0 Å². The fraction of sp³-hybridized carbons (Fsp3) is 0.733. The predicted molar refractivity (Wildman–Crippen MR) is 74.4 cm³/mol. The second-order valence-electron chi connectivity index (χ2n) is 5.35. The van der Waals surface area contributed by atoms with E-state index in [2.05, 4.69) is 46.8 Å². The van der Waals surface area contributed by atoms with Crippen LogP contribution in [0.5, 0.6) is 0 Å².